The Labute approximate surface area is 93.3 Å². The van der Waals surface area contributed by atoms with Crippen LogP contribution >= 0.6 is 0 Å². The number of aromatic nitrogens is 2. The Balaban J connectivity index is 1.71. The summed E-state index contributed by atoms with van der Waals surface area (Å²) in [5, 5.41) is 7.22. The molecule has 16 heavy (non-hydrogen) atoms. The van der Waals surface area contributed by atoms with Crippen LogP contribution in [-0.2, 0) is 9.47 Å². The third-order valence-corrected chi connectivity index (χ3v) is 2.95. The molecule has 2 aliphatic rings. The van der Waals surface area contributed by atoms with E-state index in [0.717, 1.165) is 26.1 Å². The van der Waals surface area contributed by atoms with Crippen molar-refractivity contribution in [1.82, 2.24) is 15.5 Å². The minimum absolute atomic E-state index is 0.0754. The van der Waals surface area contributed by atoms with E-state index in [4.69, 9.17) is 14.0 Å². The van der Waals surface area contributed by atoms with Gasteiger partial charge in [0.2, 0.25) is 11.7 Å². The van der Waals surface area contributed by atoms with Crippen LogP contribution in [-0.4, -0.2) is 43.1 Å². The minimum atomic E-state index is -0.0754. The normalized spacial score (nSPS) is 30.8. The molecule has 2 unspecified atom stereocenters. The summed E-state index contributed by atoms with van der Waals surface area (Å²) in [6, 6.07) is 0. The first-order chi connectivity index (χ1) is 7.93. The van der Waals surface area contributed by atoms with Gasteiger partial charge in [-0.1, -0.05) is 5.16 Å². The van der Waals surface area contributed by atoms with Gasteiger partial charge in [-0.05, 0) is 6.42 Å². The SMILES string of the molecule is C1COC(c2noc(C3CCOC3)n2)CN1. The molecule has 6 nitrogen and oxygen atoms in total. The zero-order chi connectivity index (χ0) is 10.8. The maximum atomic E-state index is 5.56. The lowest BCUT2D eigenvalue weighted by molar-refractivity contribution is 0.0208. The average molecular weight is 225 g/mol. The highest BCUT2D eigenvalue weighted by molar-refractivity contribution is 4.99. The summed E-state index contributed by atoms with van der Waals surface area (Å²) in [7, 11) is 0. The first-order valence-electron chi connectivity index (χ1n) is 5.67. The van der Waals surface area contributed by atoms with Crippen LogP contribution in [0.2, 0.25) is 0 Å². The van der Waals surface area contributed by atoms with E-state index in [0.29, 0.717) is 24.9 Å². The van der Waals surface area contributed by atoms with Crippen molar-refractivity contribution in [3.8, 4) is 0 Å². The molecule has 6 heteroatoms. The zero-order valence-corrected chi connectivity index (χ0v) is 9.02. The second-order valence-electron chi connectivity index (χ2n) is 4.11. The third-order valence-electron chi connectivity index (χ3n) is 2.95. The van der Waals surface area contributed by atoms with Crippen LogP contribution in [0.3, 0.4) is 0 Å². The van der Waals surface area contributed by atoms with Crippen molar-refractivity contribution in [2.45, 2.75) is 18.4 Å². The summed E-state index contributed by atoms with van der Waals surface area (Å²) >= 11 is 0. The number of rotatable bonds is 2. The van der Waals surface area contributed by atoms with E-state index in [-0.39, 0.29) is 12.0 Å². The van der Waals surface area contributed by atoms with Crippen molar-refractivity contribution >= 4 is 0 Å². The molecule has 1 aromatic heterocycles. The van der Waals surface area contributed by atoms with Gasteiger partial charge in [-0.3, -0.25) is 0 Å². The first-order valence-corrected chi connectivity index (χ1v) is 5.67. The van der Waals surface area contributed by atoms with E-state index in [2.05, 4.69) is 15.5 Å². The molecule has 2 saturated heterocycles. The minimum Gasteiger partial charge on any atom is -0.381 e. The molecule has 2 aliphatic heterocycles. The molecule has 1 aromatic rings. The van der Waals surface area contributed by atoms with Gasteiger partial charge in [0.15, 0.2) is 0 Å². The molecule has 0 radical (unpaired) electrons. The van der Waals surface area contributed by atoms with Crippen LogP contribution < -0.4 is 5.32 Å². The highest BCUT2D eigenvalue weighted by Crippen LogP contribution is 2.25. The van der Waals surface area contributed by atoms with Crippen LogP contribution in [0.4, 0.5) is 0 Å². The number of morpholine rings is 1. The van der Waals surface area contributed by atoms with Gasteiger partial charge in [0.1, 0.15) is 6.10 Å². The smallest absolute Gasteiger partial charge is 0.232 e. The quantitative estimate of drug-likeness (QED) is 0.777. The highest BCUT2D eigenvalue weighted by atomic mass is 16.5. The molecule has 1 N–H and O–H groups in total. The molecule has 3 rings (SSSR count). The van der Waals surface area contributed by atoms with Crippen molar-refractivity contribution in [2.75, 3.05) is 32.9 Å². The van der Waals surface area contributed by atoms with Crippen molar-refractivity contribution in [3.63, 3.8) is 0 Å². The molecule has 0 saturated carbocycles. The van der Waals surface area contributed by atoms with Crippen LogP contribution in [0.1, 0.15) is 30.2 Å². The number of hydrogen-bond donors (Lipinski definition) is 1. The molecular weight excluding hydrogens is 210 g/mol. The molecule has 0 aliphatic carbocycles. The predicted molar refractivity (Wildman–Crippen MR) is 54.0 cm³/mol. The topological polar surface area (TPSA) is 69.4 Å². The maximum absolute atomic E-state index is 5.56. The van der Waals surface area contributed by atoms with Gasteiger partial charge in [0.05, 0.1) is 19.1 Å². The van der Waals surface area contributed by atoms with Crippen molar-refractivity contribution in [1.29, 1.82) is 0 Å². The summed E-state index contributed by atoms with van der Waals surface area (Å²) in [5.74, 6) is 1.59. The molecule has 88 valence electrons. The van der Waals surface area contributed by atoms with Gasteiger partial charge >= 0.3 is 0 Å². The Morgan fingerprint density at radius 3 is 3.06 bits per heavy atom. The number of nitrogens with zero attached hydrogens (tertiary/aromatic N) is 2. The Kier molecular flexibility index (Phi) is 2.86. The Morgan fingerprint density at radius 1 is 1.31 bits per heavy atom. The molecule has 0 bridgehead atoms. The van der Waals surface area contributed by atoms with Gasteiger partial charge in [-0.2, -0.15) is 4.98 Å². The standard InChI is InChI=1S/C10H15N3O3/c1-3-14-6-7(1)10-12-9(13-16-10)8-5-11-2-4-15-8/h7-8,11H,1-6H2. The number of nitrogens with one attached hydrogen (secondary N) is 1. The molecule has 3 heterocycles. The maximum Gasteiger partial charge on any atom is 0.232 e. The van der Waals surface area contributed by atoms with Crippen molar-refractivity contribution in [2.24, 2.45) is 0 Å². The molecule has 0 aromatic carbocycles. The van der Waals surface area contributed by atoms with E-state index >= 15 is 0 Å². The molecule has 0 amide bonds. The summed E-state index contributed by atoms with van der Waals surface area (Å²) in [6.07, 6.45) is 0.888. The van der Waals surface area contributed by atoms with Crippen LogP contribution in [0.25, 0.3) is 0 Å². The molecule has 2 atom stereocenters. The van der Waals surface area contributed by atoms with Crippen LogP contribution in [0.5, 0.6) is 0 Å². The van der Waals surface area contributed by atoms with Crippen molar-refractivity contribution < 1.29 is 14.0 Å². The summed E-state index contributed by atoms with van der Waals surface area (Å²) in [6.45, 7) is 3.80. The van der Waals surface area contributed by atoms with Gasteiger partial charge in [0, 0.05) is 19.7 Å². The molecule has 2 fully saturated rings. The summed E-state index contributed by atoms with van der Waals surface area (Å²) in [5.41, 5.74) is 0. The van der Waals surface area contributed by atoms with E-state index in [1.165, 1.54) is 0 Å². The van der Waals surface area contributed by atoms with Crippen molar-refractivity contribution in [3.05, 3.63) is 11.7 Å². The Hall–Kier alpha value is -0.980. The van der Waals surface area contributed by atoms with Crippen LogP contribution in [0, 0.1) is 0 Å². The predicted octanol–water partition coefficient (Wildman–Crippen LogP) is 0.234. The average Bonchev–Trinajstić information content (AvgIpc) is 3.01. The third kappa shape index (κ3) is 1.95. The number of ether oxygens (including phenoxy) is 2. The second kappa shape index (κ2) is 4.48. The van der Waals surface area contributed by atoms with E-state index in [1.54, 1.807) is 0 Å². The fourth-order valence-corrected chi connectivity index (χ4v) is 2.00. The Morgan fingerprint density at radius 2 is 2.31 bits per heavy atom. The van der Waals surface area contributed by atoms with Gasteiger partial charge in [0.25, 0.3) is 0 Å². The Bertz CT molecular complexity index is 343. The lowest BCUT2D eigenvalue weighted by Gasteiger charge is -2.20. The highest BCUT2D eigenvalue weighted by Gasteiger charge is 2.27. The number of hydrogen-bond acceptors (Lipinski definition) is 6. The van der Waals surface area contributed by atoms with Gasteiger partial charge in [-0.15, -0.1) is 0 Å². The molecular formula is C10H15N3O3. The first kappa shape index (κ1) is 10.2. The van der Waals surface area contributed by atoms with Gasteiger partial charge in [-0.25, -0.2) is 0 Å². The fourth-order valence-electron chi connectivity index (χ4n) is 2.00. The van der Waals surface area contributed by atoms with E-state index < -0.39 is 0 Å². The summed E-state index contributed by atoms with van der Waals surface area (Å²) < 4.78 is 16.1. The fraction of sp³-hybridized carbons (Fsp3) is 0.800. The lowest BCUT2D eigenvalue weighted by atomic mass is 10.1. The van der Waals surface area contributed by atoms with Crippen LogP contribution in [0.15, 0.2) is 4.52 Å². The molecule has 0 spiro atoms. The van der Waals surface area contributed by atoms with E-state index in [9.17, 15) is 0 Å². The van der Waals surface area contributed by atoms with Gasteiger partial charge < -0.3 is 19.3 Å². The monoisotopic (exact) mass is 225 g/mol. The summed E-state index contributed by atoms with van der Waals surface area (Å²) in [4.78, 5) is 4.39. The zero-order valence-electron chi connectivity index (χ0n) is 9.02. The second-order valence-corrected chi connectivity index (χ2v) is 4.11. The lowest BCUT2D eigenvalue weighted by Crippen LogP contribution is -2.33. The van der Waals surface area contributed by atoms with E-state index in [1.807, 2.05) is 0 Å². The largest absolute Gasteiger partial charge is 0.381 e.